The van der Waals surface area contributed by atoms with Crippen molar-refractivity contribution in [3.8, 4) is 0 Å². The predicted molar refractivity (Wildman–Crippen MR) is 70.7 cm³/mol. The second-order valence-corrected chi connectivity index (χ2v) is 5.35. The summed E-state index contributed by atoms with van der Waals surface area (Å²) in [5.74, 6) is 1.34. The van der Waals surface area contributed by atoms with E-state index in [0.717, 1.165) is 30.4 Å². The molecule has 0 radical (unpaired) electrons. The summed E-state index contributed by atoms with van der Waals surface area (Å²) >= 11 is 0. The molecule has 0 spiro atoms. The van der Waals surface area contributed by atoms with Crippen LogP contribution in [0.2, 0.25) is 0 Å². The van der Waals surface area contributed by atoms with Gasteiger partial charge in [0.05, 0.1) is 17.9 Å². The molecule has 114 valence electrons. The van der Waals surface area contributed by atoms with Gasteiger partial charge in [0.2, 0.25) is 0 Å². The zero-order valence-corrected chi connectivity index (χ0v) is 11.8. The largest absolute Gasteiger partial charge is 0.435 e. The van der Waals surface area contributed by atoms with E-state index in [4.69, 9.17) is 0 Å². The standard InChI is InChI=1S/C13H16F3N5/c1-20-9(5-11(19-20)13(14,15)16)7-17-12-6-10(8-3-4-8)18-21(12)2/h5-6,8,17H,3-4,7H2,1-2H3. The van der Waals surface area contributed by atoms with Gasteiger partial charge in [-0.05, 0) is 18.9 Å². The molecule has 0 aromatic carbocycles. The van der Waals surface area contributed by atoms with Gasteiger partial charge in [0.25, 0.3) is 0 Å². The van der Waals surface area contributed by atoms with Gasteiger partial charge in [0.15, 0.2) is 5.69 Å². The maximum absolute atomic E-state index is 12.6. The van der Waals surface area contributed by atoms with E-state index in [1.165, 1.54) is 11.7 Å². The fraction of sp³-hybridized carbons (Fsp3) is 0.538. The summed E-state index contributed by atoms with van der Waals surface area (Å²) in [6, 6.07) is 3.02. The van der Waals surface area contributed by atoms with Gasteiger partial charge < -0.3 is 5.32 Å². The van der Waals surface area contributed by atoms with Crippen molar-refractivity contribution in [2.24, 2.45) is 14.1 Å². The van der Waals surface area contributed by atoms with E-state index in [9.17, 15) is 13.2 Å². The molecule has 0 bridgehead atoms. The first-order chi connectivity index (χ1) is 9.84. The Bertz CT molecular complexity index is 651. The lowest BCUT2D eigenvalue weighted by atomic mass is 10.3. The van der Waals surface area contributed by atoms with Gasteiger partial charge in [-0.1, -0.05) is 0 Å². The van der Waals surface area contributed by atoms with Gasteiger partial charge in [-0.2, -0.15) is 23.4 Å². The number of rotatable bonds is 4. The van der Waals surface area contributed by atoms with Crippen molar-refractivity contribution in [1.82, 2.24) is 19.6 Å². The van der Waals surface area contributed by atoms with Crippen LogP contribution < -0.4 is 5.32 Å². The summed E-state index contributed by atoms with van der Waals surface area (Å²) < 4.78 is 40.8. The quantitative estimate of drug-likeness (QED) is 0.944. The number of hydrogen-bond acceptors (Lipinski definition) is 3. The van der Waals surface area contributed by atoms with Crippen LogP contribution in [0.25, 0.3) is 0 Å². The van der Waals surface area contributed by atoms with E-state index in [1.54, 1.807) is 4.68 Å². The fourth-order valence-electron chi connectivity index (χ4n) is 2.22. The topological polar surface area (TPSA) is 47.7 Å². The Morgan fingerprint density at radius 3 is 2.48 bits per heavy atom. The molecule has 3 rings (SSSR count). The Morgan fingerprint density at radius 1 is 1.19 bits per heavy atom. The lowest BCUT2D eigenvalue weighted by Crippen LogP contribution is -2.08. The first-order valence-electron chi connectivity index (χ1n) is 6.72. The third-order valence-electron chi connectivity index (χ3n) is 3.61. The fourth-order valence-corrected chi connectivity index (χ4v) is 2.22. The minimum Gasteiger partial charge on any atom is -0.365 e. The van der Waals surface area contributed by atoms with E-state index in [2.05, 4.69) is 15.5 Å². The van der Waals surface area contributed by atoms with Gasteiger partial charge in [0.1, 0.15) is 5.82 Å². The van der Waals surface area contributed by atoms with Gasteiger partial charge in [-0.15, -0.1) is 0 Å². The maximum Gasteiger partial charge on any atom is 0.435 e. The van der Waals surface area contributed by atoms with Crippen LogP contribution in [0, 0.1) is 0 Å². The van der Waals surface area contributed by atoms with Crippen LogP contribution in [0.5, 0.6) is 0 Å². The van der Waals surface area contributed by atoms with E-state index in [1.807, 2.05) is 13.1 Å². The highest BCUT2D eigenvalue weighted by molar-refractivity contribution is 5.39. The second-order valence-electron chi connectivity index (χ2n) is 5.35. The number of aryl methyl sites for hydroxylation is 2. The lowest BCUT2D eigenvalue weighted by Gasteiger charge is -2.06. The molecule has 0 amide bonds. The average Bonchev–Trinajstić information content (AvgIpc) is 3.07. The monoisotopic (exact) mass is 299 g/mol. The molecule has 1 fully saturated rings. The van der Waals surface area contributed by atoms with Gasteiger partial charge in [0, 0.05) is 26.1 Å². The molecule has 1 aliphatic carbocycles. The SMILES string of the molecule is Cn1nc(C(F)(F)F)cc1CNc1cc(C2CC2)nn1C. The number of anilines is 1. The van der Waals surface area contributed by atoms with Crippen molar-refractivity contribution in [3.05, 3.63) is 29.2 Å². The summed E-state index contributed by atoms with van der Waals surface area (Å²) in [5.41, 5.74) is 0.642. The molecule has 1 N–H and O–H groups in total. The Labute approximate surface area is 119 Å². The van der Waals surface area contributed by atoms with Crippen molar-refractivity contribution >= 4 is 5.82 Å². The molecular formula is C13H16F3N5. The maximum atomic E-state index is 12.6. The van der Waals surface area contributed by atoms with E-state index >= 15 is 0 Å². The minimum atomic E-state index is -4.41. The van der Waals surface area contributed by atoms with Crippen molar-refractivity contribution in [2.75, 3.05) is 5.32 Å². The molecule has 2 heterocycles. The van der Waals surface area contributed by atoms with Crippen LogP contribution in [0.1, 0.15) is 35.8 Å². The summed E-state index contributed by atoms with van der Waals surface area (Å²) in [6.07, 6.45) is -2.10. The molecule has 0 saturated heterocycles. The molecule has 21 heavy (non-hydrogen) atoms. The third kappa shape index (κ3) is 2.88. The summed E-state index contributed by atoms with van der Waals surface area (Å²) in [6.45, 7) is 0.267. The molecule has 0 atom stereocenters. The molecule has 0 aliphatic heterocycles. The van der Waals surface area contributed by atoms with Crippen molar-refractivity contribution in [3.63, 3.8) is 0 Å². The molecule has 0 unspecified atom stereocenters. The zero-order valence-electron chi connectivity index (χ0n) is 11.8. The van der Waals surface area contributed by atoms with Crippen LogP contribution >= 0.6 is 0 Å². The number of hydrogen-bond donors (Lipinski definition) is 1. The first kappa shape index (κ1) is 14.0. The van der Waals surface area contributed by atoms with E-state index in [-0.39, 0.29) is 6.54 Å². The second kappa shape index (κ2) is 4.78. The van der Waals surface area contributed by atoms with E-state index < -0.39 is 11.9 Å². The minimum absolute atomic E-state index is 0.267. The van der Waals surface area contributed by atoms with E-state index in [0.29, 0.717) is 11.6 Å². The first-order valence-corrected chi connectivity index (χ1v) is 6.72. The highest BCUT2D eigenvalue weighted by Crippen LogP contribution is 2.40. The van der Waals surface area contributed by atoms with Crippen molar-refractivity contribution < 1.29 is 13.2 Å². The van der Waals surface area contributed by atoms with Crippen LogP contribution in [0.15, 0.2) is 12.1 Å². The Kier molecular flexibility index (Phi) is 3.18. The Hall–Kier alpha value is -1.99. The van der Waals surface area contributed by atoms with Gasteiger partial charge in [-0.3, -0.25) is 9.36 Å². The van der Waals surface area contributed by atoms with Crippen LogP contribution in [0.3, 0.4) is 0 Å². The van der Waals surface area contributed by atoms with Gasteiger partial charge in [-0.25, -0.2) is 0 Å². The van der Waals surface area contributed by atoms with Crippen LogP contribution in [-0.2, 0) is 26.8 Å². The average molecular weight is 299 g/mol. The van der Waals surface area contributed by atoms with Crippen molar-refractivity contribution in [2.45, 2.75) is 31.5 Å². The highest BCUT2D eigenvalue weighted by Gasteiger charge is 2.34. The number of nitrogens with zero attached hydrogens (tertiary/aromatic N) is 4. The molecule has 2 aromatic heterocycles. The summed E-state index contributed by atoms with van der Waals surface area (Å²) in [4.78, 5) is 0. The molecular weight excluding hydrogens is 283 g/mol. The smallest absolute Gasteiger partial charge is 0.365 e. The number of nitrogens with one attached hydrogen (secondary N) is 1. The molecule has 1 aliphatic rings. The predicted octanol–water partition coefficient (Wildman–Crippen LogP) is 2.66. The number of halogens is 3. The van der Waals surface area contributed by atoms with Crippen LogP contribution in [0.4, 0.5) is 19.0 Å². The van der Waals surface area contributed by atoms with Crippen LogP contribution in [-0.4, -0.2) is 19.6 Å². The normalized spacial score (nSPS) is 15.5. The lowest BCUT2D eigenvalue weighted by molar-refractivity contribution is -0.141. The number of alkyl halides is 3. The zero-order chi connectivity index (χ0) is 15.2. The van der Waals surface area contributed by atoms with Crippen molar-refractivity contribution in [1.29, 1.82) is 0 Å². The van der Waals surface area contributed by atoms with Gasteiger partial charge >= 0.3 is 6.18 Å². The summed E-state index contributed by atoms with van der Waals surface area (Å²) in [5, 5.41) is 11.0. The Balaban J connectivity index is 1.71. The summed E-state index contributed by atoms with van der Waals surface area (Å²) in [7, 11) is 3.32. The molecule has 5 nitrogen and oxygen atoms in total. The Morgan fingerprint density at radius 2 is 1.90 bits per heavy atom. The number of aromatic nitrogens is 4. The third-order valence-corrected chi connectivity index (χ3v) is 3.61. The highest BCUT2D eigenvalue weighted by atomic mass is 19.4. The molecule has 2 aromatic rings. The molecule has 8 heteroatoms. The molecule has 1 saturated carbocycles.